The van der Waals surface area contributed by atoms with Crippen molar-refractivity contribution in [3.8, 4) is 5.75 Å². The zero-order chi connectivity index (χ0) is 18.1. The summed E-state index contributed by atoms with van der Waals surface area (Å²) in [6.07, 6.45) is 3.04. The van der Waals surface area contributed by atoms with Gasteiger partial charge in [-0.15, -0.1) is 0 Å². The molecule has 4 rings (SSSR count). The lowest BCUT2D eigenvalue weighted by molar-refractivity contribution is 0.335. The number of aliphatic imine (C=N–C) groups is 1. The average Bonchev–Trinajstić information content (AvgIpc) is 2.67. The van der Waals surface area contributed by atoms with Gasteiger partial charge in [0.15, 0.2) is 6.17 Å². The van der Waals surface area contributed by atoms with E-state index in [9.17, 15) is 4.79 Å². The minimum atomic E-state index is -0.500. The molecule has 1 atom stereocenters. The Hall–Kier alpha value is -2.83. The Morgan fingerprint density at radius 3 is 2.73 bits per heavy atom. The predicted octanol–water partition coefficient (Wildman–Crippen LogP) is 2.37. The lowest BCUT2D eigenvalue weighted by Gasteiger charge is -2.34. The Labute approximate surface area is 152 Å². The maximum absolute atomic E-state index is 12.7. The number of benzene rings is 1. The summed E-state index contributed by atoms with van der Waals surface area (Å²) in [5.74, 6) is 2.01. The molecule has 1 saturated heterocycles. The molecule has 1 fully saturated rings. The smallest absolute Gasteiger partial charge is 0.257 e. The summed E-state index contributed by atoms with van der Waals surface area (Å²) in [6, 6.07) is 9.22. The molecule has 26 heavy (non-hydrogen) atoms. The van der Waals surface area contributed by atoms with Crippen LogP contribution in [0.5, 0.6) is 5.75 Å². The first-order valence-electron chi connectivity index (χ1n) is 9.00. The number of hydrogen-bond donors (Lipinski definition) is 1. The first-order chi connectivity index (χ1) is 12.7. The summed E-state index contributed by atoms with van der Waals surface area (Å²) in [6.45, 7) is 3.75. The van der Waals surface area contributed by atoms with Crippen molar-refractivity contribution in [1.29, 1.82) is 0 Å². The Bertz CT molecular complexity index is 899. The van der Waals surface area contributed by atoms with Crippen LogP contribution in [-0.4, -0.2) is 40.6 Å². The van der Waals surface area contributed by atoms with Crippen LogP contribution in [0.3, 0.4) is 0 Å². The van der Waals surface area contributed by atoms with E-state index in [0.29, 0.717) is 17.4 Å². The largest absolute Gasteiger partial charge is 0.496 e. The molecule has 0 bridgehead atoms. The number of fused-ring (bicyclic) bond motifs is 1. The van der Waals surface area contributed by atoms with Gasteiger partial charge in [0.05, 0.1) is 7.11 Å². The van der Waals surface area contributed by atoms with Crippen molar-refractivity contribution in [3.05, 3.63) is 51.9 Å². The zero-order valence-electron chi connectivity index (χ0n) is 15.1. The number of aryl methyl sites for hydroxylation is 1. The van der Waals surface area contributed by atoms with Gasteiger partial charge in [-0.05, 0) is 32.3 Å². The molecular weight excluding hydrogens is 330 g/mol. The Morgan fingerprint density at radius 2 is 1.96 bits per heavy atom. The fraction of sp³-hybridized carbons (Fsp3) is 0.421. The maximum atomic E-state index is 12.7. The lowest BCUT2D eigenvalue weighted by Crippen LogP contribution is -2.45. The molecule has 2 aromatic rings. The standard InChI is InChI=1S/C19H23N5O2/c1-13-12-16(25)24-17(14-8-4-5-9-15(14)26-2)21-18(22-19(24)20-13)23-10-6-3-7-11-23/h4-5,8-9,12,17H,3,6-7,10-11H2,1-2H3,(H,20,21,22)/t17-/m1/s1. The van der Waals surface area contributed by atoms with E-state index in [2.05, 4.69) is 15.2 Å². The highest BCUT2D eigenvalue weighted by Gasteiger charge is 2.29. The number of ether oxygens (including phenoxy) is 1. The number of methoxy groups -OCH3 is 1. The number of aromatic nitrogens is 2. The van der Waals surface area contributed by atoms with Crippen LogP contribution in [-0.2, 0) is 0 Å². The molecule has 0 unspecified atom stereocenters. The second-order valence-corrected chi connectivity index (χ2v) is 6.67. The fourth-order valence-corrected chi connectivity index (χ4v) is 3.59. The number of nitrogens with one attached hydrogen (secondary N) is 1. The topological polar surface area (TPSA) is 71.8 Å². The third-order valence-electron chi connectivity index (χ3n) is 4.87. The molecule has 7 nitrogen and oxygen atoms in total. The zero-order valence-corrected chi connectivity index (χ0v) is 15.1. The van der Waals surface area contributed by atoms with E-state index in [1.165, 1.54) is 12.5 Å². The van der Waals surface area contributed by atoms with Crippen LogP contribution in [0.25, 0.3) is 0 Å². The second-order valence-electron chi connectivity index (χ2n) is 6.67. The molecule has 7 heteroatoms. The van der Waals surface area contributed by atoms with Crippen LogP contribution >= 0.6 is 0 Å². The van der Waals surface area contributed by atoms with E-state index in [4.69, 9.17) is 9.73 Å². The van der Waals surface area contributed by atoms with E-state index < -0.39 is 6.17 Å². The Morgan fingerprint density at radius 1 is 1.19 bits per heavy atom. The molecule has 0 aliphatic carbocycles. The molecule has 1 aromatic carbocycles. The van der Waals surface area contributed by atoms with Crippen molar-refractivity contribution in [2.75, 3.05) is 25.5 Å². The highest BCUT2D eigenvalue weighted by molar-refractivity contribution is 5.93. The van der Waals surface area contributed by atoms with Crippen molar-refractivity contribution in [2.45, 2.75) is 32.4 Å². The van der Waals surface area contributed by atoms with Crippen LogP contribution in [0.4, 0.5) is 5.95 Å². The van der Waals surface area contributed by atoms with Gasteiger partial charge in [-0.1, -0.05) is 18.2 Å². The van der Waals surface area contributed by atoms with E-state index in [0.717, 1.165) is 37.5 Å². The number of guanidine groups is 1. The summed E-state index contributed by atoms with van der Waals surface area (Å²) < 4.78 is 7.11. The highest BCUT2D eigenvalue weighted by Crippen LogP contribution is 2.32. The molecule has 0 spiro atoms. The second kappa shape index (κ2) is 6.82. The summed E-state index contributed by atoms with van der Waals surface area (Å²) in [5, 5.41) is 3.27. The van der Waals surface area contributed by atoms with E-state index >= 15 is 0 Å². The molecule has 136 valence electrons. The first-order valence-corrected chi connectivity index (χ1v) is 9.00. The van der Waals surface area contributed by atoms with Gasteiger partial charge < -0.3 is 9.64 Å². The minimum Gasteiger partial charge on any atom is -0.496 e. The SMILES string of the molecule is COc1ccccc1[C@@H]1N=C(N2CCCCC2)Nc2nc(C)cc(=O)n21. The fourth-order valence-electron chi connectivity index (χ4n) is 3.59. The van der Waals surface area contributed by atoms with Gasteiger partial charge in [0.2, 0.25) is 11.9 Å². The van der Waals surface area contributed by atoms with Crippen molar-refractivity contribution in [2.24, 2.45) is 4.99 Å². The van der Waals surface area contributed by atoms with E-state index in [1.54, 1.807) is 11.7 Å². The number of hydrogen-bond acceptors (Lipinski definition) is 6. The number of anilines is 1. The van der Waals surface area contributed by atoms with E-state index in [-0.39, 0.29) is 5.56 Å². The monoisotopic (exact) mass is 353 g/mol. The highest BCUT2D eigenvalue weighted by atomic mass is 16.5. The Kier molecular flexibility index (Phi) is 4.36. The molecule has 1 aromatic heterocycles. The number of piperidine rings is 1. The number of rotatable bonds is 2. The molecule has 2 aliphatic heterocycles. The van der Waals surface area contributed by atoms with E-state index in [1.807, 2.05) is 31.2 Å². The third-order valence-corrected chi connectivity index (χ3v) is 4.87. The van der Waals surface area contributed by atoms with Gasteiger partial charge in [-0.2, -0.15) is 0 Å². The molecule has 2 aliphatic rings. The number of para-hydroxylation sites is 1. The summed E-state index contributed by atoms with van der Waals surface area (Å²) in [5.41, 5.74) is 1.41. The van der Waals surface area contributed by atoms with Crippen molar-refractivity contribution in [3.63, 3.8) is 0 Å². The van der Waals surface area contributed by atoms with Gasteiger partial charge in [0.1, 0.15) is 5.75 Å². The molecular formula is C19H23N5O2. The van der Waals surface area contributed by atoms with Crippen molar-refractivity contribution < 1.29 is 4.74 Å². The van der Waals surface area contributed by atoms with Crippen molar-refractivity contribution in [1.82, 2.24) is 14.5 Å². The first kappa shape index (κ1) is 16.6. The third kappa shape index (κ3) is 2.94. The van der Waals surface area contributed by atoms with Gasteiger partial charge in [0.25, 0.3) is 5.56 Å². The lowest BCUT2D eigenvalue weighted by atomic mass is 10.1. The maximum Gasteiger partial charge on any atom is 0.257 e. The van der Waals surface area contributed by atoms with Gasteiger partial charge in [-0.3, -0.25) is 14.7 Å². The quantitative estimate of drug-likeness (QED) is 0.897. The van der Waals surface area contributed by atoms with Crippen LogP contribution < -0.4 is 15.6 Å². The normalized spacial score (nSPS) is 19.4. The molecule has 0 saturated carbocycles. The van der Waals surface area contributed by atoms with Crippen LogP contribution in [0, 0.1) is 6.92 Å². The molecule has 0 amide bonds. The van der Waals surface area contributed by atoms with Crippen LogP contribution in [0.1, 0.15) is 36.7 Å². The number of nitrogens with zero attached hydrogens (tertiary/aromatic N) is 4. The molecule has 3 heterocycles. The number of likely N-dealkylation sites (tertiary alicyclic amines) is 1. The predicted molar refractivity (Wildman–Crippen MR) is 101 cm³/mol. The Balaban J connectivity index is 1.86. The molecule has 0 radical (unpaired) electrons. The van der Waals surface area contributed by atoms with Crippen LogP contribution in [0.2, 0.25) is 0 Å². The average molecular weight is 353 g/mol. The summed E-state index contributed by atoms with van der Waals surface area (Å²) >= 11 is 0. The van der Waals surface area contributed by atoms with Gasteiger partial charge in [-0.25, -0.2) is 9.98 Å². The summed E-state index contributed by atoms with van der Waals surface area (Å²) in [4.78, 5) is 24.4. The van der Waals surface area contributed by atoms with Gasteiger partial charge >= 0.3 is 0 Å². The summed E-state index contributed by atoms with van der Waals surface area (Å²) in [7, 11) is 1.63. The molecule has 1 N–H and O–H groups in total. The van der Waals surface area contributed by atoms with Gasteiger partial charge in [0, 0.05) is 30.4 Å². The van der Waals surface area contributed by atoms with Crippen LogP contribution in [0.15, 0.2) is 40.1 Å². The minimum absolute atomic E-state index is 0.127. The van der Waals surface area contributed by atoms with Crippen molar-refractivity contribution >= 4 is 11.9 Å².